The van der Waals surface area contributed by atoms with Crippen LogP contribution >= 0.6 is 11.5 Å². The normalized spacial score (nSPS) is 29.2. The molecule has 2 fully saturated rings. The number of hydrogen-bond donors (Lipinski definition) is 1. The van der Waals surface area contributed by atoms with Gasteiger partial charge in [-0.05, 0) is 49.6 Å². The van der Waals surface area contributed by atoms with Crippen molar-refractivity contribution in [3.63, 3.8) is 0 Å². The second kappa shape index (κ2) is 4.03. The summed E-state index contributed by atoms with van der Waals surface area (Å²) in [6.45, 7) is 1.92. The number of rotatable bonds is 2. The van der Waals surface area contributed by atoms with Crippen LogP contribution in [-0.2, 0) is 0 Å². The summed E-state index contributed by atoms with van der Waals surface area (Å²) in [6.07, 6.45) is 5.27. The molecule has 0 radical (unpaired) electrons. The molecule has 0 spiro atoms. The fourth-order valence-corrected chi connectivity index (χ4v) is 4.35. The van der Waals surface area contributed by atoms with Crippen molar-refractivity contribution >= 4 is 16.5 Å². The van der Waals surface area contributed by atoms with Crippen LogP contribution in [-0.4, -0.2) is 14.5 Å². The first-order valence-electron chi connectivity index (χ1n) is 6.78. The number of nitrogen functional groups attached to an aromatic ring is 1. The smallest absolute Gasteiger partial charge is 0.262 e. The Balaban J connectivity index is 1.67. The van der Waals surface area contributed by atoms with E-state index in [-0.39, 0.29) is 0 Å². The van der Waals surface area contributed by atoms with Gasteiger partial charge in [0.25, 0.3) is 5.89 Å². The second-order valence-electron chi connectivity index (χ2n) is 5.75. The summed E-state index contributed by atoms with van der Waals surface area (Å²) in [5.41, 5.74) is 7.60. The van der Waals surface area contributed by atoms with Crippen LogP contribution in [0.25, 0.3) is 11.5 Å². The van der Waals surface area contributed by atoms with Gasteiger partial charge in [-0.1, -0.05) is 11.6 Å². The molecule has 2 bridgehead atoms. The number of aryl methyl sites for hydroxylation is 1. The van der Waals surface area contributed by atoms with E-state index in [0.29, 0.717) is 16.8 Å². The van der Waals surface area contributed by atoms with E-state index in [4.69, 9.17) is 10.3 Å². The summed E-state index contributed by atoms with van der Waals surface area (Å²) in [5, 5.41) is 4.84. The van der Waals surface area contributed by atoms with Gasteiger partial charge < -0.3 is 10.3 Å². The standard InChI is InChI=1S/C13H16N4OS/c1-6-10(11(14)19-17-6)13-15-12(16-18-13)9-5-7-2-3-8(9)4-7/h7-9H,2-5,14H2,1H3. The summed E-state index contributed by atoms with van der Waals surface area (Å²) < 4.78 is 9.64. The zero-order valence-corrected chi connectivity index (χ0v) is 11.6. The third kappa shape index (κ3) is 1.69. The predicted octanol–water partition coefficient (Wildman–Crippen LogP) is 2.99. The molecule has 3 unspecified atom stereocenters. The topological polar surface area (TPSA) is 77.8 Å². The van der Waals surface area contributed by atoms with Crippen LogP contribution in [0.15, 0.2) is 4.52 Å². The minimum absolute atomic E-state index is 0.490. The van der Waals surface area contributed by atoms with Crippen molar-refractivity contribution in [2.24, 2.45) is 11.8 Å². The highest BCUT2D eigenvalue weighted by atomic mass is 32.1. The lowest BCUT2D eigenvalue weighted by molar-refractivity contribution is 0.372. The summed E-state index contributed by atoms with van der Waals surface area (Å²) in [4.78, 5) is 4.58. The van der Waals surface area contributed by atoms with E-state index in [1.54, 1.807) is 0 Å². The molecule has 6 heteroatoms. The molecule has 100 valence electrons. The first-order valence-corrected chi connectivity index (χ1v) is 7.55. The van der Waals surface area contributed by atoms with Gasteiger partial charge in [0.05, 0.1) is 11.3 Å². The van der Waals surface area contributed by atoms with Crippen LogP contribution in [0.2, 0.25) is 0 Å². The van der Waals surface area contributed by atoms with Gasteiger partial charge in [0.1, 0.15) is 5.00 Å². The van der Waals surface area contributed by atoms with Crippen LogP contribution < -0.4 is 5.73 Å². The minimum Gasteiger partial charge on any atom is -0.389 e. The first kappa shape index (κ1) is 11.4. The molecule has 2 aromatic heterocycles. The van der Waals surface area contributed by atoms with E-state index in [0.717, 1.165) is 28.9 Å². The summed E-state index contributed by atoms with van der Waals surface area (Å²) in [6, 6.07) is 0. The molecule has 3 atom stereocenters. The monoisotopic (exact) mass is 276 g/mol. The van der Waals surface area contributed by atoms with E-state index >= 15 is 0 Å². The average molecular weight is 276 g/mol. The van der Waals surface area contributed by atoms with E-state index in [1.807, 2.05) is 6.92 Å². The third-order valence-electron chi connectivity index (χ3n) is 4.61. The number of hydrogen-bond acceptors (Lipinski definition) is 6. The Kier molecular flexibility index (Phi) is 2.42. The van der Waals surface area contributed by atoms with Crippen LogP contribution in [0, 0.1) is 18.8 Å². The van der Waals surface area contributed by atoms with Gasteiger partial charge in [-0.2, -0.15) is 9.36 Å². The highest BCUT2D eigenvalue weighted by molar-refractivity contribution is 7.10. The largest absolute Gasteiger partial charge is 0.389 e. The SMILES string of the molecule is Cc1nsc(N)c1-c1nc(C2CC3CCC2C3)no1. The highest BCUT2D eigenvalue weighted by Crippen LogP contribution is 2.52. The molecule has 0 amide bonds. The highest BCUT2D eigenvalue weighted by Gasteiger charge is 2.42. The van der Waals surface area contributed by atoms with E-state index < -0.39 is 0 Å². The molecule has 2 aliphatic carbocycles. The third-order valence-corrected chi connectivity index (χ3v) is 5.38. The Hall–Kier alpha value is -1.43. The molecule has 0 aromatic carbocycles. The zero-order valence-electron chi connectivity index (χ0n) is 10.8. The molecule has 0 saturated heterocycles. The molecule has 4 rings (SSSR count). The van der Waals surface area contributed by atoms with E-state index in [2.05, 4.69) is 14.5 Å². The number of nitrogens with two attached hydrogens (primary N) is 1. The lowest BCUT2D eigenvalue weighted by atomic mass is 9.88. The Bertz CT molecular complexity index is 600. The average Bonchev–Trinajstić information content (AvgIpc) is 3.13. The van der Waals surface area contributed by atoms with Crippen molar-refractivity contribution in [3.8, 4) is 11.5 Å². The minimum atomic E-state index is 0.490. The van der Waals surface area contributed by atoms with Crippen molar-refractivity contribution in [2.75, 3.05) is 5.73 Å². The Morgan fingerprint density at radius 2 is 2.21 bits per heavy atom. The van der Waals surface area contributed by atoms with Crippen molar-refractivity contribution in [3.05, 3.63) is 11.5 Å². The van der Waals surface area contributed by atoms with Gasteiger partial charge in [0.2, 0.25) is 0 Å². The number of fused-ring (bicyclic) bond motifs is 2. The van der Waals surface area contributed by atoms with E-state index in [1.165, 1.54) is 37.2 Å². The van der Waals surface area contributed by atoms with Crippen molar-refractivity contribution in [1.82, 2.24) is 14.5 Å². The van der Waals surface area contributed by atoms with Crippen LogP contribution in [0.3, 0.4) is 0 Å². The molecule has 2 aliphatic rings. The predicted molar refractivity (Wildman–Crippen MR) is 72.7 cm³/mol. The number of anilines is 1. The van der Waals surface area contributed by atoms with Crippen molar-refractivity contribution < 1.29 is 4.52 Å². The lowest BCUT2D eigenvalue weighted by Crippen LogP contribution is -2.09. The van der Waals surface area contributed by atoms with Crippen molar-refractivity contribution in [2.45, 2.75) is 38.5 Å². The number of nitrogens with zero attached hydrogens (tertiary/aromatic N) is 3. The fraction of sp³-hybridized carbons (Fsp3) is 0.615. The molecule has 2 saturated carbocycles. The molecule has 5 nitrogen and oxygen atoms in total. The van der Waals surface area contributed by atoms with Gasteiger partial charge >= 0.3 is 0 Å². The number of aromatic nitrogens is 3. The molecular formula is C13H16N4OS. The second-order valence-corrected chi connectivity index (χ2v) is 6.55. The molecule has 2 aromatic rings. The Labute approximate surface area is 115 Å². The van der Waals surface area contributed by atoms with Gasteiger partial charge in [-0.25, -0.2) is 0 Å². The maximum absolute atomic E-state index is 5.92. The van der Waals surface area contributed by atoms with Crippen LogP contribution in [0.1, 0.15) is 43.1 Å². The maximum Gasteiger partial charge on any atom is 0.262 e. The summed E-state index contributed by atoms with van der Waals surface area (Å²) >= 11 is 1.28. The molecule has 2 heterocycles. The molecule has 19 heavy (non-hydrogen) atoms. The van der Waals surface area contributed by atoms with Gasteiger partial charge in [0, 0.05) is 5.92 Å². The van der Waals surface area contributed by atoms with Crippen LogP contribution in [0.4, 0.5) is 5.00 Å². The Morgan fingerprint density at radius 1 is 1.32 bits per heavy atom. The molecule has 0 aliphatic heterocycles. The van der Waals surface area contributed by atoms with Gasteiger partial charge in [-0.3, -0.25) is 0 Å². The first-order chi connectivity index (χ1) is 9.22. The maximum atomic E-state index is 5.92. The Morgan fingerprint density at radius 3 is 2.84 bits per heavy atom. The fourth-order valence-electron chi connectivity index (χ4n) is 3.70. The quantitative estimate of drug-likeness (QED) is 0.912. The van der Waals surface area contributed by atoms with Gasteiger partial charge in [-0.15, -0.1) is 0 Å². The summed E-state index contributed by atoms with van der Waals surface area (Å²) in [5.74, 6) is 3.53. The zero-order chi connectivity index (χ0) is 13.0. The van der Waals surface area contributed by atoms with Crippen LogP contribution in [0.5, 0.6) is 0 Å². The lowest BCUT2D eigenvalue weighted by Gasteiger charge is -2.17. The molecule has 2 N–H and O–H groups in total. The molecular weight excluding hydrogens is 260 g/mol. The van der Waals surface area contributed by atoms with E-state index in [9.17, 15) is 0 Å². The van der Waals surface area contributed by atoms with Crippen molar-refractivity contribution in [1.29, 1.82) is 0 Å². The van der Waals surface area contributed by atoms with Gasteiger partial charge in [0.15, 0.2) is 5.82 Å². The summed E-state index contributed by atoms with van der Waals surface area (Å²) in [7, 11) is 0.